The van der Waals surface area contributed by atoms with Crippen LogP contribution in [0, 0.1) is 0 Å². The molecule has 0 radical (unpaired) electrons. The summed E-state index contributed by atoms with van der Waals surface area (Å²) in [6.07, 6.45) is 3.50. The van der Waals surface area contributed by atoms with Gasteiger partial charge in [0.25, 0.3) is 0 Å². The van der Waals surface area contributed by atoms with Crippen LogP contribution in [0.3, 0.4) is 0 Å². The van der Waals surface area contributed by atoms with Crippen molar-refractivity contribution in [2.75, 3.05) is 24.0 Å². The summed E-state index contributed by atoms with van der Waals surface area (Å²) >= 11 is 2.96. The molecule has 17 heavy (non-hydrogen) atoms. The molecule has 1 N–H and O–H groups in total. The Kier molecular flexibility index (Phi) is 5.39. The van der Waals surface area contributed by atoms with E-state index in [-0.39, 0.29) is 17.2 Å². The van der Waals surface area contributed by atoms with Crippen LogP contribution in [-0.2, 0) is 20.0 Å². The third-order valence-electron chi connectivity index (χ3n) is 2.65. The van der Waals surface area contributed by atoms with Crippen LogP contribution in [0.25, 0.3) is 0 Å². The average Bonchev–Trinajstić information content (AvgIpc) is 2.26. The Hall–Kier alpha value is 0.300. The van der Waals surface area contributed by atoms with Crippen molar-refractivity contribution in [2.45, 2.75) is 25.3 Å². The number of alkyl halides is 1. The third kappa shape index (κ3) is 4.82. The summed E-state index contributed by atoms with van der Waals surface area (Å²) in [5, 5.41) is 0. The van der Waals surface area contributed by atoms with Gasteiger partial charge in [-0.15, -0.1) is 0 Å². The van der Waals surface area contributed by atoms with Crippen molar-refractivity contribution in [3.8, 4) is 0 Å². The summed E-state index contributed by atoms with van der Waals surface area (Å²) in [5.74, 6) is 0. The highest BCUT2D eigenvalue weighted by Crippen LogP contribution is 2.21. The Balaban J connectivity index is 2.74. The molecular formula is C8H17BrN2O4S2. The van der Waals surface area contributed by atoms with Crippen molar-refractivity contribution in [1.29, 1.82) is 0 Å². The molecule has 0 bridgehead atoms. The predicted molar refractivity (Wildman–Crippen MR) is 69.9 cm³/mol. The maximum Gasteiger partial charge on any atom is 0.224 e. The van der Waals surface area contributed by atoms with Gasteiger partial charge in [-0.05, 0) is 12.8 Å². The Bertz CT molecular complexity index is 448. The molecule has 1 fully saturated rings. The molecule has 0 aromatic heterocycles. The van der Waals surface area contributed by atoms with E-state index in [0.29, 0.717) is 13.0 Å². The summed E-state index contributed by atoms with van der Waals surface area (Å²) in [6, 6.07) is -0.277. The van der Waals surface area contributed by atoms with Gasteiger partial charge >= 0.3 is 0 Å². The zero-order valence-electron chi connectivity index (χ0n) is 9.59. The van der Waals surface area contributed by atoms with Crippen LogP contribution >= 0.6 is 15.9 Å². The standard InChI is InChI=1S/C8H17BrN2O4S2/c1-16(12,13)10-6-8-4-2-3-5-11(8)17(14,15)7-9/h8,10H,2-7H2,1H3. The molecular weight excluding hydrogens is 332 g/mol. The first-order valence-electron chi connectivity index (χ1n) is 5.26. The van der Waals surface area contributed by atoms with Gasteiger partial charge in [0.05, 0.1) is 6.26 Å². The number of sulfonamides is 2. The third-order valence-corrected chi connectivity index (χ3v) is 6.55. The lowest BCUT2D eigenvalue weighted by Crippen LogP contribution is -2.49. The van der Waals surface area contributed by atoms with Gasteiger partial charge in [-0.2, -0.15) is 4.31 Å². The Labute approximate surface area is 111 Å². The molecule has 102 valence electrons. The number of nitrogens with zero attached hydrogens (tertiary/aromatic N) is 1. The lowest BCUT2D eigenvalue weighted by molar-refractivity contribution is 0.254. The average molecular weight is 349 g/mol. The van der Waals surface area contributed by atoms with E-state index in [9.17, 15) is 16.8 Å². The molecule has 6 nitrogen and oxygen atoms in total. The molecule has 1 unspecified atom stereocenters. The highest BCUT2D eigenvalue weighted by Gasteiger charge is 2.31. The zero-order valence-corrected chi connectivity index (χ0v) is 12.8. The number of halogens is 1. The molecule has 1 aliphatic heterocycles. The minimum absolute atomic E-state index is 0.130. The van der Waals surface area contributed by atoms with Gasteiger partial charge in [-0.25, -0.2) is 21.6 Å². The minimum Gasteiger partial charge on any atom is -0.214 e. The van der Waals surface area contributed by atoms with Gasteiger partial charge in [0.15, 0.2) is 0 Å². The first-order valence-corrected chi connectivity index (χ1v) is 9.88. The van der Waals surface area contributed by atoms with Gasteiger partial charge in [-0.1, -0.05) is 22.4 Å². The van der Waals surface area contributed by atoms with Crippen molar-refractivity contribution >= 4 is 36.0 Å². The molecule has 9 heteroatoms. The lowest BCUT2D eigenvalue weighted by atomic mass is 10.1. The van der Waals surface area contributed by atoms with Crippen molar-refractivity contribution in [1.82, 2.24) is 9.03 Å². The van der Waals surface area contributed by atoms with E-state index < -0.39 is 20.0 Å². The van der Waals surface area contributed by atoms with Crippen LogP contribution in [0.5, 0.6) is 0 Å². The Morgan fingerprint density at radius 2 is 1.94 bits per heavy atom. The summed E-state index contributed by atoms with van der Waals surface area (Å²) < 4.78 is 49.2. The number of nitrogens with one attached hydrogen (secondary N) is 1. The summed E-state index contributed by atoms with van der Waals surface area (Å²) in [7, 11) is -6.61. The van der Waals surface area contributed by atoms with Crippen LogP contribution in [-0.4, -0.2) is 51.2 Å². The maximum atomic E-state index is 11.8. The Morgan fingerprint density at radius 3 is 2.47 bits per heavy atom. The van der Waals surface area contributed by atoms with Crippen LogP contribution in [0.1, 0.15) is 19.3 Å². The SMILES string of the molecule is CS(=O)(=O)NCC1CCCCN1S(=O)(=O)CBr. The molecule has 0 aliphatic carbocycles. The van der Waals surface area contributed by atoms with E-state index in [2.05, 4.69) is 20.7 Å². The smallest absolute Gasteiger partial charge is 0.214 e. The normalized spacial score (nSPS) is 23.8. The van der Waals surface area contributed by atoms with E-state index in [1.165, 1.54) is 4.31 Å². The van der Waals surface area contributed by atoms with E-state index in [1.54, 1.807) is 0 Å². The molecule has 1 aliphatic rings. The van der Waals surface area contributed by atoms with Crippen molar-refractivity contribution in [2.24, 2.45) is 0 Å². The Morgan fingerprint density at radius 1 is 1.29 bits per heavy atom. The van der Waals surface area contributed by atoms with Crippen LogP contribution < -0.4 is 4.72 Å². The number of hydrogen-bond acceptors (Lipinski definition) is 4. The summed E-state index contributed by atoms with van der Waals surface area (Å²) in [6.45, 7) is 0.606. The number of hydrogen-bond donors (Lipinski definition) is 1. The lowest BCUT2D eigenvalue weighted by Gasteiger charge is -2.34. The monoisotopic (exact) mass is 348 g/mol. The van der Waals surface area contributed by atoms with E-state index in [1.807, 2.05) is 0 Å². The van der Waals surface area contributed by atoms with Gasteiger partial charge < -0.3 is 0 Å². The largest absolute Gasteiger partial charge is 0.224 e. The molecule has 1 atom stereocenters. The summed E-state index contributed by atoms with van der Waals surface area (Å²) in [5.41, 5.74) is 0. The van der Waals surface area contributed by atoms with Crippen LogP contribution in [0.2, 0.25) is 0 Å². The molecule has 1 saturated heterocycles. The fourth-order valence-electron chi connectivity index (χ4n) is 1.85. The second kappa shape index (κ2) is 5.96. The van der Waals surface area contributed by atoms with E-state index >= 15 is 0 Å². The molecule has 1 rings (SSSR count). The van der Waals surface area contributed by atoms with Gasteiger partial charge in [0.2, 0.25) is 20.0 Å². The van der Waals surface area contributed by atoms with Crippen LogP contribution in [0.15, 0.2) is 0 Å². The fraction of sp³-hybridized carbons (Fsp3) is 1.00. The second-order valence-electron chi connectivity index (χ2n) is 4.10. The first kappa shape index (κ1) is 15.4. The van der Waals surface area contributed by atoms with Crippen molar-refractivity contribution < 1.29 is 16.8 Å². The second-order valence-corrected chi connectivity index (χ2v) is 9.16. The van der Waals surface area contributed by atoms with Crippen molar-refractivity contribution in [3.05, 3.63) is 0 Å². The van der Waals surface area contributed by atoms with Gasteiger partial charge in [-0.3, -0.25) is 0 Å². The number of piperidine rings is 1. The van der Waals surface area contributed by atoms with Crippen LogP contribution in [0.4, 0.5) is 0 Å². The molecule has 0 aromatic rings. The maximum absolute atomic E-state index is 11.8. The van der Waals surface area contributed by atoms with Gasteiger partial charge in [0, 0.05) is 19.1 Å². The van der Waals surface area contributed by atoms with E-state index in [0.717, 1.165) is 19.1 Å². The molecule has 0 spiro atoms. The van der Waals surface area contributed by atoms with Crippen molar-refractivity contribution in [3.63, 3.8) is 0 Å². The fourth-order valence-corrected chi connectivity index (χ4v) is 4.31. The highest BCUT2D eigenvalue weighted by atomic mass is 79.9. The molecule has 0 aromatic carbocycles. The van der Waals surface area contributed by atoms with Gasteiger partial charge in [0.1, 0.15) is 4.66 Å². The predicted octanol–water partition coefficient (Wildman–Crippen LogP) is 0.0723. The molecule has 0 amide bonds. The quantitative estimate of drug-likeness (QED) is 0.712. The minimum atomic E-state index is -3.32. The van der Waals surface area contributed by atoms with E-state index in [4.69, 9.17) is 0 Å². The zero-order chi connectivity index (χ0) is 13.1. The molecule has 0 saturated carbocycles. The summed E-state index contributed by atoms with van der Waals surface area (Å²) in [4.78, 5) is 0. The topological polar surface area (TPSA) is 83.6 Å². The molecule has 1 heterocycles. The first-order chi connectivity index (χ1) is 7.76. The highest BCUT2D eigenvalue weighted by molar-refractivity contribution is 9.10. The number of rotatable bonds is 5.